The Balaban J connectivity index is 1.95. The van der Waals surface area contributed by atoms with Gasteiger partial charge in [0.1, 0.15) is 11.8 Å². The molecule has 1 aromatic heterocycles. The summed E-state index contributed by atoms with van der Waals surface area (Å²) in [5, 5.41) is 0. The van der Waals surface area contributed by atoms with Gasteiger partial charge >= 0.3 is 5.97 Å². The molecule has 8 nitrogen and oxygen atoms in total. The van der Waals surface area contributed by atoms with E-state index in [4.69, 9.17) is 18.9 Å². The van der Waals surface area contributed by atoms with Crippen LogP contribution in [-0.4, -0.2) is 36.5 Å². The number of halogens is 1. The van der Waals surface area contributed by atoms with Crippen LogP contribution in [0.4, 0.5) is 0 Å². The highest BCUT2D eigenvalue weighted by atomic mass is 79.9. The Morgan fingerprint density at radius 1 is 1.10 bits per heavy atom. The average molecular weight is 630 g/mol. The maximum Gasteiger partial charge on any atom is 0.338 e. The molecule has 10 heteroatoms. The number of allylic oxidation sites excluding steroid dienone is 1. The first kappa shape index (κ1) is 29.6. The Morgan fingerprint density at radius 2 is 1.82 bits per heavy atom. The van der Waals surface area contributed by atoms with Gasteiger partial charge in [-0.05, 0) is 87.3 Å². The number of thiazole rings is 1. The van der Waals surface area contributed by atoms with E-state index in [9.17, 15) is 9.59 Å². The van der Waals surface area contributed by atoms with Gasteiger partial charge in [0.05, 0.1) is 46.2 Å². The number of para-hydroxylation sites is 1. The summed E-state index contributed by atoms with van der Waals surface area (Å²) in [7, 11) is 0. The number of nitrogens with zero attached hydrogens (tertiary/aromatic N) is 2. The SMILES string of the molecule is CCOC(=O)C1=C(C)N=c2s/c(=C\c3cc(Br)c(OCC)c(OCC)c3)c(=O)n2[C@H]1c1ccccc1OC(C)C. The van der Waals surface area contributed by atoms with Crippen LogP contribution in [0.15, 0.2) is 61.9 Å². The zero-order chi connectivity index (χ0) is 29.0. The Morgan fingerprint density at radius 3 is 2.50 bits per heavy atom. The van der Waals surface area contributed by atoms with Crippen LogP contribution in [0.25, 0.3) is 6.08 Å². The van der Waals surface area contributed by atoms with E-state index in [0.29, 0.717) is 56.6 Å². The standard InChI is InChI=1S/C30H33BrN2O6S/c1-7-36-23-15-19(14-21(31)27(23)37-8-2)16-24-28(34)33-26(20-12-10-11-13-22(20)39-17(4)5)25(29(35)38-9-3)18(6)32-30(33)40-24/h10-17,26H,7-9H2,1-6H3/b24-16-/t26-/m0/s1. The number of fused-ring (bicyclic) bond motifs is 1. The smallest absolute Gasteiger partial charge is 0.338 e. The number of esters is 1. The van der Waals surface area contributed by atoms with Crippen LogP contribution in [0.5, 0.6) is 17.2 Å². The Hall–Kier alpha value is -3.37. The number of carbonyl (C=O) groups excluding carboxylic acids is 1. The molecule has 0 bridgehead atoms. The van der Waals surface area contributed by atoms with Crippen molar-refractivity contribution >= 4 is 39.3 Å². The molecule has 2 aromatic carbocycles. The van der Waals surface area contributed by atoms with Gasteiger partial charge in [-0.2, -0.15) is 0 Å². The summed E-state index contributed by atoms with van der Waals surface area (Å²) in [4.78, 5) is 32.4. The molecule has 0 radical (unpaired) electrons. The van der Waals surface area contributed by atoms with Crippen molar-refractivity contribution in [3.63, 3.8) is 0 Å². The van der Waals surface area contributed by atoms with Crippen LogP contribution in [0.1, 0.15) is 58.7 Å². The molecule has 4 rings (SSSR count). The Bertz CT molecular complexity index is 1620. The molecule has 0 saturated carbocycles. The number of benzene rings is 2. The van der Waals surface area contributed by atoms with Crippen molar-refractivity contribution in [3.05, 3.63) is 83.0 Å². The lowest BCUT2D eigenvalue weighted by molar-refractivity contribution is -0.139. The maximum absolute atomic E-state index is 14.0. The minimum atomic E-state index is -0.765. The molecular formula is C30H33BrN2O6S. The normalized spacial score (nSPS) is 15.1. The number of aromatic nitrogens is 1. The molecule has 0 saturated heterocycles. The molecule has 0 amide bonds. The van der Waals surface area contributed by atoms with Crippen molar-refractivity contribution in [2.24, 2.45) is 4.99 Å². The average Bonchev–Trinajstić information content (AvgIpc) is 3.19. The monoisotopic (exact) mass is 628 g/mol. The molecule has 40 heavy (non-hydrogen) atoms. The minimum Gasteiger partial charge on any atom is -0.491 e. The molecule has 0 aliphatic carbocycles. The van der Waals surface area contributed by atoms with Crippen molar-refractivity contribution in [1.82, 2.24) is 4.57 Å². The zero-order valence-corrected chi connectivity index (χ0v) is 25.9. The highest BCUT2D eigenvalue weighted by molar-refractivity contribution is 9.10. The number of rotatable bonds is 10. The van der Waals surface area contributed by atoms with Crippen molar-refractivity contribution in [2.75, 3.05) is 19.8 Å². The number of ether oxygens (including phenoxy) is 4. The van der Waals surface area contributed by atoms with Gasteiger partial charge in [0.15, 0.2) is 16.3 Å². The van der Waals surface area contributed by atoms with Crippen LogP contribution >= 0.6 is 27.3 Å². The molecule has 0 unspecified atom stereocenters. The van der Waals surface area contributed by atoms with Crippen molar-refractivity contribution in [1.29, 1.82) is 0 Å². The summed E-state index contributed by atoms with van der Waals surface area (Å²) in [6.07, 6.45) is 1.69. The van der Waals surface area contributed by atoms with E-state index in [1.807, 2.05) is 64.1 Å². The fourth-order valence-corrected chi connectivity index (χ4v) is 6.14. The Kier molecular flexibility index (Phi) is 9.52. The maximum atomic E-state index is 14.0. The van der Waals surface area contributed by atoms with E-state index in [1.165, 1.54) is 11.3 Å². The van der Waals surface area contributed by atoms with E-state index >= 15 is 0 Å². The third-order valence-electron chi connectivity index (χ3n) is 6.01. The molecule has 1 atom stereocenters. The van der Waals surface area contributed by atoms with E-state index in [2.05, 4.69) is 20.9 Å². The second-order valence-electron chi connectivity index (χ2n) is 9.20. The number of hydrogen-bond acceptors (Lipinski definition) is 8. The summed E-state index contributed by atoms with van der Waals surface area (Å²) < 4.78 is 25.8. The molecule has 0 spiro atoms. The topological polar surface area (TPSA) is 88.4 Å². The quantitative estimate of drug-likeness (QED) is 0.289. The molecule has 0 N–H and O–H groups in total. The largest absolute Gasteiger partial charge is 0.491 e. The van der Waals surface area contributed by atoms with Gasteiger partial charge in [0.2, 0.25) is 0 Å². The second-order valence-corrected chi connectivity index (χ2v) is 11.1. The van der Waals surface area contributed by atoms with Crippen LogP contribution < -0.4 is 29.1 Å². The van der Waals surface area contributed by atoms with Gasteiger partial charge in [-0.15, -0.1) is 0 Å². The number of carbonyl (C=O) groups is 1. The van der Waals surface area contributed by atoms with E-state index in [-0.39, 0.29) is 18.3 Å². The van der Waals surface area contributed by atoms with Gasteiger partial charge in [0, 0.05) is 5.56 Å². The summed E-state index contributed by atoms with van der Waals surface area (Å²) in [6, 6.07) is 10.4. The van der Waals surface area contributed by atoms with E-state index < -0.39 is 12.0 Å². The molecular weight excluding hydrogens is 596 g/mol. The first-order chi connectivity index (χ1) is 19.2. The summed E-state index contributed by atoms with van der Waals surface area (Å²) in [6.45, 7) is 12.3. The van der Waals surface area contributed by atoms with Gasteiger partial charge < -0.3 is 18.9 Å². The molecule has 212 valence electrons. The molecule has 3 aromatic rings. The van der Waals surface area contributed by atoms with Crippen LogP contribution in [-0.2, 0) is 9.53 Å². The fraction of sp³-hybridized carbons (Fsp3) is 0.367. The predicted octanol–water partition coefficient (Wildman–Crippen LogP) is 5.15. The molecule has 2 heterocycles. The summed E-state index contributed by atoms with van der Waals surface area (Å²) >= 11 is 4.84. The van der Waals surface area contributed by atoms with Crippen LogP contribution in [0.2, 0.25) is 0 Å². The first-order valence-electron chi connectivity index (χ1n) is 13.2. The highest BCUT2D eigenvalue weighted by Gasteiger charge is 2.35. The van der Waals surface area contributed by atoms with Crippen LogP contribution in [0, 0.1) is 0 Å². The third kappa shape index (κ3) is 6.02. The van der Waals surface area contributed by atoms with Crippen molar-refractivity contribution < 1.29 is 23.7 Å². The molecule has 0 fully saturated rings. The number of hydrogen-bond donors (Lipinski definition) is 0. The van der Waals surface area contributed by atoms with Crippen molar-refractivity contribution in [2.45, 2.75) is 53.7 Å². The van der Waals surface area contributed by atoms with Crippen molar-refractivity contribution in [3.8, 4) is 17.2 Å². The summed E-state index contributed by atoms with van der Waals surface area (Å²) in [5.74, 6) is 1.26. The van der Waals surface area contributed by atoms with E-state index in [1.54, 1.807) is 24.5 Å². The minimum absolute atomic E-state index is 0.106. The Labute approximate surface area is 245 Å². The lowest BCUT2D eigenvalue weighted by Crippen LogP contribution is -2.40. The fourth-order valence-electron chi connectivity index (χ4n) is 4.52. The van der Waals surface area contributed by atoms with Gasteiger partial charge in [-0.1, -0.05) is 29.5 Å². The van der Waals surface area contributed by atoms with Gasteiger partial charge in [-0.3, -0.25) is 9.36 Å². The van der Waals surface area contributed by atoms with Crippen LogP contribution in [0.3, 0.4) is 0 Å². The third-order valence-corrected chi connectivity index (χ3v) is 7.58. The predicted molar refractivity (Wildman–Crippen MR) is 159 cm³/mol. The molecule has 1 aliphatic heterocycles. The van der Waals surface area contributed by atoms with Gasteiger partial charge in [-0.25, -0.2) is 9.79 Å². The van der Waals surface area contributed by atoms with Gasteiger partial charge in [0.25, 0.3) is 5.56 Å². The first-order valence-corrected chi connectivity index (χ1v) is 14.8. The molecule has 1 aliphatic rings. The zero-order valence-electron chi connectivity index (χ0n) is 23.4. The lowest BCUT2D eigenvalue weighted by Gasteiger charge is -2.26. The lowest BCUT2D eigenvalue weighted by atomic mass is 9.95. The van der Waals surface area contributed by atoms with E-state index in [0.717, 1.165) is 10.0 Å². The highest BCUT2D eigenvalue weighted by Crippen LogP contribution is 2.38. The summed E-state index contributed by atoms with van der Waals surface area (Å²) in [5.41, 5.74) is 1.97. The second kappa shape index (κ2) is 12.9.